The van der Waals surface area contributed by atoms with Crippen molar-refractivity contribution in [3.05, 3.63) is 22.2 Å². The number of anilines is 1. The molecule has 25 heavy (non-hydrogen) atoms. The van der Waals surface area contributed by atoms with Crippen LogP contribution in [0.4, 0.5) is 10.6 Å². The van der Waals surface area contributed by atoms with Gasteiger partial charge in [-0.05, 0) is 0 Å². The molecule has 1 aliphatic heterocycles. The minimum Gasteiger partial charge on any atom is -0.458 e. The third-order valence-electron chi connectivity index (χ3n) is 3.39. The summed E-state index contributed by atoms with van der Waals surface area (Å²) in [6.07, 6.45) is -2.08. The Labute approximate surface area is 141 Å². The van der Waals surface area contributed by atoms with Crippen molar-refractivity contribution in [3.63, 3.8) is 0 Å². The van der Waals surface area contributed by atoms with E-state index >= 15 is 0 Å². The van der Waals surface area contributed by atoms with Gasteiger partial charge in [-0.25, -0.2) is 9.59 Å². The summed E-state index contributed by atoms with van der Waals surface area (Å²) in [5.41, 5.74) is 4.70. The van der Waals surface area contributed by atoms with Gasteiger partial charge in [0.1, 0.15) is 30.2 Å². The van der Waals surface area contributed by atoms with Crippen LogP contribution >= 0.6 is 0 Å². The van der Waals surface area contributed by atoms with Crippen LogP contribution in [-0.4, -0.2) is 47.6 Å². The van der Waals surface area contributed by atoms with Gasteiger partial charge in [-0.1, -0.05) is 0 Å². The van der Waals surface area contributed by atoms with Crippen molar-refractivity contribution >= 4 is 17.9 Å². The van der Waals surface area contributed by atoms with E-state index in [0.717, 1.165) is 11.7 Å². The summed E-state index contributed by atoms with van der Waals surface area (Å²) < 4.78 is 21.0. The van der Waals surface area contributed by atoms with Gasteiger partial charge in [0.05, 0.1) is 13.2 Å². The first kappa shape index (κ1) is 18.2. The van der Waals surface area contributed by atoms with Crippen molar-refractivity contribution in [2.45, 2.75) is 31.8 Å². The normalized spacial score (nSPS) is 22.0. The highest BCUT2D eigenvalue weighted by molar-refractivity contribution is 5.66. The van der Waals surface area contributed by atoms with E-state index < -0.39 is 36.3 Å². The lowest BCUT2D eigenvalue weighted by Crippen LogP contribution is -2.34. The number of methoxy groups -OCH3 is 1. The van der Waals surface area contributed by atoms with Crippen LogP contribution in [0.1, 0.15) is 25.1 Å². The molecule has 0 bridgehead atoms. The Morgan fingerprint density at radius 2 is 2.28 bits per heavy atom. The number of aromatic nitrogens is 2. The first-order valence-corrected chi connectivity index (χ1v) is 7.18. The molecule has 134 valence electrons. The molecular formula is C14H16N4O7. The van der Waals surface area contributed by atoms with E-state index in [9.17, 15) is 14.4 Å². The van der Waals surface area contributed by atoms with Gasteiger partial charge >= 0.3 is 17.8 Å². The van der Waals surface area contributed by atoms with Crippen LogP contribution in [0.2, 0.25) is 0 Å². The van der Waals surface area contributed by atoms with Crippen LogP contribution < -0.4 is 11.4 Å². The second-order valence-electron chi connectivity index (χ2n) is 5.14. The topological polar surface area (TPSA) is 156 Å². The zero-order valence-corrected chi connectivity index (χ0v) is 13.5. The number of nitriles is 1. The molecule has 2 heterocycles. The van der Waals surface area contributed by atoms with Gasteiger partial charge in [0.2, 0.25) is 0 Å². The molecule has 1 aromatic rings. The number of ether oxygens (including phenoxy) is 4. The maximum atomic E-state index is 12.1. The average molecular weight is 352 g/mol. The minimum atomic E-state index is -1.04. The molecule has 0 spiro atoms. The zero-order chi connectivity index (χ0) is 18.6. The number of carbonyl (C=O) groups excluding carboxylic acids is 2. The third kappa shape index (κ3) is 4.24. The zero-order valence-electron chi connectivity index (χ0n) is 13.5. The first-order chi connectivity index (χ1) is 11.8. The van der Waals surface area contributed by atoms with E-state index in [-0.39, 0.29) is 24.4 Å². The average Bonchev–Trinajstić information content (AvgIpc) is 2.94. The van der Waals surface area contributed by atoms with E-state index in [1.54, 1.807) is 6.07 Å². The Morgan fingerprint density at radius 1 is 1.56 bits per heavy atom. The Kier molecular flexibility index (Phi) is 5.56. The predicted molar refractivity (Wildman–Crippen MR) is 80.1 cm³/mol. The van der Waals surface area contributed by atoms with Gasteiger partial charge in [0.15, 0.2) is 6.23 Å². The molecule has 0 saturated carbocycles. The van der Waals surface area contributed by atoms with Gasteiger partial charge < -0.3 is 24.7 Å². The smallest absolute Gasteiger partial charge is 0.458 e. The highest BCUT2D eigenvalue weighted by Crippen LogP contribution is 2.31. The molecule has 0 aromatic carbocycles. The Bertz CT molecular complexity index is 769. The predicted octanol–water partition coefficient (Wildman–Crippen LogP) is -0.301. The molecule has 11 nitrogen and oxygen atoms in total. The van der Waals surface area contributed by atoms with E-state index in [4.69, 9.17) is 25.2 Å². The molecule has 1 saturated heterocycles. The van der Waals surface area contributed by atoms with Gasteiger partial charge in [-0.3, -0.25) is 9.36 Å². The lowest BCUT2D eigenvalue weighted by molar-refractivity contribution is -0.152. The fraction of sp³-hybridized carbons (Fsp3) is 0.500. The molecular weight excluding hydrogens is 336 g/mol. The summed E-state index contributed by atoms with van der Waals surface area (Å²) in [5.74, 6) is -0.790. The van der Waals surface area contributed by atoms with E-state index in [0.29, 0.717) is 0 Å². The van der Waals surface area contributed by atoms with Crippen LogP contribution in [0.5, 0.6) is 0 Å². The second kappa shape index (κ2) is 7.63. The number of esters is 1. The molecule has 1 fully saturated rings. The van der Waals surface area contributed by atoms with Crippen molar-refractivity contribution in [2.24, 2.45) is 0 Å². The van der Waals surface area contributed by atoms with Crippen LogP contribution in [-0.2, 0) is 23.7 Å². The Hall–Kier alpha value is -3.13. The van der Waals surface area contributed by atoms with Gasteiger partial charge in [0, 0.05) is 19.5 Å². The number of carbonyl (C=O) groups is 2. The third-order valence-corrected chi connectivity index (χ3v) is 3.39. The maximum absolute atomic E-state index is 12.1. The summed E-state index contributed by atoms with van der Waals surface area (Å²) in [4.78, 5) is 38.0. The maximum Gasteiger partial charge on any atom is 0.508 e. The molecule has 3 atom stereocenters. The van der Waals surface area contributed by atoms with Crippen LogP contribution in [0.15, 0.2) is 11.0 Å². The van der Waals surface area contributed by atoms with Crippen molar-refractivity contribution < 1.29 is 28.5 Å². The van der Waals surface area contributed by atoms with Crippen LogP contribution in [0.3, 0.4) is 0 Å². The monoisotopic (exact) mass is 352 g/mol. The van der Waals surface area contributed by atoms with Crippen LogP contribution in [0.25, 0.3) is 0 Å². The number of nitrogen functional groups attached to an aromatic ring is 1. The molecule has 0 amide bonds. The number of hydrogen-bond donors (Lipinski definition) is 1. The van der Waals surface area contributed by atoms with E-state index in [1.807, 2.05) is 0 Å². The SMILES string of the molecule is COC(=O)OC[C@@H]1C[C@@H](OC(C)=O)[C@H](n2cc(C#N)c(N)nc2=O)O1. The van der Waals surface area contributed by atoms with Gasteiger partial charge in [-0.15, -0.1) is 0 Å². The first-order valence-electron chi connectivity index (χ1n) is 7.18. The summed E-state index contributed by atoms with van der Waals surface area (Å²) in [6, 6.07) is 1.80. The quantitative estimate of drug-likeness (QED) is 0.713. The van der Waals surface area contributed by atoms with Crippen molar-refractivity contribution in [2.75, 3.05) is 19.5 Å². The number of nitrogens with two attached hydrogens (primary N) is 1. The fourth-order valence-electron chi connectivity index (χ4n) is 2.36. The minimum absolute atomic E-state index is 0.0287. The molecule has 0 radical (unpaired) electrons. The second-order valence-corrected chi connectivity index (χ2v) is 5.14. The highest BCUT2D eigenvalue weighted by Gasteiger charge is 2.40. The standard InChI is InChI=1S/C14H16N4O7/c1-7(19)24-10-3-9(6-23-14(21)22-2)25-12(10)18-5-8(4-15)11(16)17-13(18)20/h5,9-10,12H,3,6H2,1-2H3,(H2,16,17,20)/t9-,10+,12+/m0/s1. The molecule has 2 rings (SSSR count). The summed E-state index contributed by atoms with van der Waals surface area (Å²) in [7, 11) is 1.16. The molecule has 11 heteroatoms. The summed E-state index contributed by atoms with van der Waals surface area (Å²) >= 11 is 0. The Balaban J connectivity index is 2.27. The number of nitrogens with zero attached hydrogens (tertiary/aromatic N) is 3. The Morgan fingerprint density at radius 3 is 2.88 bits per heavy atom. The molecule has 1 aliphatic rings. The fourth-order valence-corrected chi connectivity index (χ4v) is 2.36. The summed E-state index contributed by atoms with van der Waals surface area (Å²) in [6.45, 7) is 1.04. The van der Waals surface area contributed by atoms with E-state index in [1.165, 1.54) is 13.1 Å². The van der Waals surface area contributed by atoms with Crippen LogP contribution in [0, 0.1) is 11.3 Å². The van der Waals surface area contributed by atoms with Crippen molar-refractivity contribution in [1.82, 2.24) is 9.55 Å². The van der Waals surface area contributed by atoms with Crippen molar-refractivity contribution in [3.8, 4) is 6.07 Å². The number of rotatable bonds is 4. The lowest BCUT2D eigenvalue weighted by Gasteiger charge is -2.20. The van der Waals surface area contributed by atoms with Gasteiger partial charge in [0.25, 0.3) is 0 Å². The van der Waals surface area contributed by atoms with E-state index in [2.05, 4.69) is 9.72 Å². The molecule has 0 aliphatic carbocycles. The molecule has 2 N–H and O–H groups in total. The molecule has 1 aromatic heterocycles. The van der Waals surface area contributed by atoms with Crippen molar-refractivity contribution in [1.29, 1.82) is 5.26 Å². The number of hydrogen-bond acceptors (Lipinski definition) is 10. The summed E-state index contributed by atoms with van der Waals surface area (Å²) in [5, 5.41) is 9.03. The largest absolute Gasteiger partial charge is 0.508 e. The van der Waals surface area contributed by atoms with Gasteiger partial charge in [-0.2, -0.15) is 10.2 Å². The molecule has 0 unspecified atom stereocenters. The highest BCUT2D eigenvalue weighted by atomic mass is 16.7. The lowest BCUT2D eigenvalue weighted by atomic mass is 10.2.